The number of halogens is 1. The lowest BCUT2D eigenvalue weighted by molar-refractivity contribution is 0.0273. The van der Waals surface area contributed by atoms with E-state index >= 15 is 0 Å². The van der Waals surface area contributed by atoms with E-state index in [0.29, 0.717) is 10.8 Å². The third-order valence-corrected chi connectivity index (χ3v) is 4.84. The van der Waals surface area contributed by atoms with Crippen LogP contribution >= 0.6 is 23.4 Å². The Labute approximate surface area is 112 Å². The number of hydrogen-bond acceptors (Lipinski definition) is 3. The zero-order chi connectivity index (χ0) is 12.3. The van der Waals surface area contributed by atoms with Crippen molar-refractivity contribution < 1.29 is 5.11 Å². The van der Waals surface area contributed by atoms with Crippen LogP contribution in [-0.2, 0) is 0 Å². The average Bonchev–Trinajstić information content (AvgIpc) is 2.31. The Bertz CT molecular complexity index is 391. The normalized spacial score (nSPS) is 19.2. The highest BCUT2D eigenvalue weighted by molar-refractivity contribution is 7.99. The summed E-state index contributed by atoms with van der Waals surface area (Å²) in [4.78, 5) is 0.969. The molecule has 0 bridgehead atoms. The molecule has 0 aliphatic heterocycles. The number of benzene rings is 1. The van der Waals surface area contributed by atoms with Gasteiger partial charge in [0.05, 0.1) is 5.60 Å². The lowest BCUT2D eigenvalue weighted by Crippen LogP contribution is -2.33. The van der Waals surface area contributed by atoms with Gasteiger partial charge in [-0.05, 0) is 31.0 Å². The van der Waals surface area contributed by atoms with Crippen LogP contribution in [0.2, 0.25) is 5.02 Å². The van der Waals surface area contributed by atoms with Crippen molar-refractivity contribution >= 4 is 29.1 Å². The SMILES string of the molecule is Nc1ccc(Cl)cc1SCC1(O)CCCCC1. The van der Waals surface area contributed by atoms with Crippen LogP contribution < -0.4 is 5.73 Å². The standard InChI is InChI=1S/C13H18ClNOS/c14-10-4-5-11(15)12(8-10)17-9-13(16)6-2-1-3-7-13/h4-5,8,16H,1-3,6-7,9,15H2. The maximum atomic E-state index is 10.4. The minimum Gasteiger partial charge on any atom is -0.398 e. The van der Waals surface area contributed by atoms with Gasteiger partial charge in [-0.2, -0.15) is 0 Å². The summed E-state index contributed by atoms with van der Waals surface area (Å²) < 4.78 is 0. The fourth-order valence-electron chi connectivity index (χ4n) is 2.20. The van der Waals surface area contributed by atoms with Crippen molar-refractivity contribution in [3.63, 3.8) is 0 Å². The average molecular weight is 272 g/mol. The quantitative estimate of drug-likeness (QED) is 0.651. The van der Waals surface area contributed by atoms with E-state index in [-0.39, 0.29) is 0 Å². The number of rotatable bonds is 3. The molecule has 1 aromatic carbocycles. The molecule has 2 nitrogen and oxygen atoms in total. The summed E-state index contributed by atoms with van der Waals surface area (Å²) in [5, 5.41) is 11.1. The van der Waals surface area contributed by atoms with Gasteiger partial charge in [-0.25, -0.2) is 0 Å². The lowest BCUT2D eigenvalue weighted by Gasteiger charge is -2.31. The fraction of sp³-hybridized carbons (Fsp3) is 0.538. The topological polar surface area (TPSA) is 46.2 Å². The van der Waals surface area contributed by atoms with Crippen molar-refractivity contribution in [1.29, 1.82) is 0 Å². The summed E-state index contributed by atoms with van der Waals surface area (Å²) in [6, 6.07) is 5.47. The van der Waals surface area contributed by atoms with Crippen LogP contribution in [0.4, 0.5) is 5.69 Å². The molecular formula is C13H18ClNOS. The van der Waals surface area contributed by atoms with Gasteiger partial charge in [-0.15, -0.1) is 11.8 Å². The van der Waals surface area contributed by atoms with Crippen LogP contribution in [0, 0.1) is 0 Å². The minimum atomic E-state index is -0.516. The summed E-state index contributed by atoms with van der Waals surface area (Å²) in [6.45, 7) is 0. The first-order valence-corrected chi connectivity index (χ1v) is 7.36. The Hall–Kier alpha value is -0.380. The second-order valence-corrected chi connectivity index (χ2v) is 6.21. The molecule has 1 saturated carbocycles. The molecule has 3 N–H and O–H groups in total. The van der Waals surface area contributed by atoms with Gasteiger partial charge in [0.1, 0.15) is 0 Å². The van der Waals surface area contributed by atoms with Gasteiger partial charge in [0.15, 0.2) is 0 Å². The Kier molecular flexibility index (Phi) is 4.23. The molecule has 1 fully saturated rings. The minimum absolute atomic E-state index is 0.516. The fourth-order valence-corrected chi connectivity index (χ4v) is 3.59. The molecule has 0 heterocycles. The number of aliphatic hydroxyl groups is 1. The molecule has 0 spiro atoms. The third kappa shape index (κ3) is 3.54. The molecule has 0 atom stereocenters. The van der Waals surface area contributed by atoms with Crippen LogP contribution in [0.1, 0.15) is 32.1 Å². The number of nitrogen functional groups attached to an aromatic ring is 1. The van der Waals surface area contributed by atoms with Crippen LogP contribution in [-0.4, -0.2) is 16.5 Å². The van der Waals surface area contributed by atoms with E-state index in [2.05, 4.69) is 0 Å². The van der Waals surface area contributed by atoms with Crippen LogP contribution in [0.5, 0.6) is 0 Å². The van der Waals surface area contributed by atoms with Crippen molar-refractivity contribution in [2.45, 2.75) is 42.6 Å². The van der Waals surface area contributed by atoms with Crippen molar-refractivity contribution in [2.24, 2.45) is 0 Å². The summed E-state index contributed by atoms with van der Waals surface area (Å²) in [6.07, 6.45) is 5.30. The van der Waals surface area contributed by atoms with Gasteiger partial charge in [-0.3, -0.25) is 0 Å². The Morgan fingerprint density at radius 3 is 2.71 bits per heavy atom. The maximum absolute atomic E-state index is 10.4. The van der Waals surface area contributed by atoms with E-state index in [0.717, 1.165) is 36.3 Å². The number of anilines is 1. The smallest absolute Gasteiger partial charge is 0.0741 e. The molecule has 2 rings (SSSR count). The molecular weight excluding hydrogens is 254 g/mol. The van der Waals surface area contributed by atoms with Gasteiger partial charge < -0.3 is 10.8 Å². The van der Waals surface area contributed by atoms with Crippen molar-refractivity contribution in [3.8, 4) is 0 Å². The second-order valence-electron chi connectivity index (χ2n) is 4.76. The molecule has 0 aromatic heterocycles. The summed E-state index contributed by atoms with van der Waals surface area (Å²) >= 11 is 7.55. The predicted octanol–water partition coefficient (Wildman–Crippen LogP) is 3.71. The summed E-state index contributed by atoms with van der Waals surface area (Å²) in [7, 11) is 0. The van der Waals surface area contributed by atoms with Crippen molar-refractivity contribution in [3.05, 3.63) is 23.2 Å². The summed E-state index contributed by atoms with van der Waals surface area (Å²) in [5.41, 5.74) is 6.11. The Morgan fingerprint density at radius 1 is 1.29 bits per heavy atom. The van der Waals surface area contributed by atoms with Crippen LogP contribution in [0.25, 0.3) is 0 Å². The molecule has 17 heavy (non-hydrogen) atoms. The van der Waals surface area contributed by atoms with Gasteiger partial charge in [0, 0.05) is 21.4 Å². The largest absolute Gasteiger partial charge is 0.398 e. The predicted molar refractivity (Wildman–Crippen MR) is 74.6 cm³/mol. The van der Waals surface area contributed by atoms with E-state index < -0.39 is 5.60 Å². The lowest BCUT2D eigenvalue weighted by atomic mass is 9.86. The van der Waals surface area contributed by atoms with E-state index in [1.807, 2.05) is 12.1 Å². The second kappa shape index (κ2) is 5.51. The van der Waals surface area contributed by atoms with Crippen LogP contribution in [0.3, 0.4) is 0 Å². The number of thioether (sulfide) groups is 1. The maximum Gasteiger partial charge on any atom is 0.0741 e. The molecule has 4 heteroatoms. The third-order valence-electron chi connectivity index (χ3n) is 3.26. The van der Waals surface area contributed by atoms with Crippen LogP contribution in [0.15, 0.2) is 23.1 Å². The molecule has 0 amide bonds. The highest BCUT2D eigenvalue weighted by atomic mass is 35.5. The van der Waals surface area contributed by atoms with Gasteiger partial charge in [0.2, 0.25) is 0 Å². The van der Waals surface area contributed by atoms with Crippen molar-refractivity contribution in [2.75, 3.05) is 11.5 Å². The van der Waals surface area contributed by atoms with E-state index in [1.165, 1.54) is 6.42 Å². The zero-order valence-electron chi connectivity index (χ0n) is 9.79. The molecule has 94 valence electrons. The van der Waals surface area contributed by atoms with Gasteiger partial charge >= 0.3 is 0 Å². The van der Waals surface area contributed by atoms with Gasteiger partial charge in [0.25, 0.3) is 0 Å². The first kappa shape index (κ1) is 13.1. The number of hydrogen-bond donors (Lipinski definition) is 2. The molecule has 1 aromatic rings. The molecule has 0 radical (unpaired) electrons. The van der Waals surface area contributed by atoms with Crippen molar-refractivity contribution in [1.82, 2.24) is 0 Å². The molecule has 1 aliphatic carbocycles. The molecule has 0 unspecified atom stereocenters. The zero-order valence-corrected chi connectivity index (χ0v) is 11.4. The highest BCUT2D eigenvalue weighted by Gasteiger charge is 2.29. The first-order valence-electron chi connectivity index (χ1n) is 5.99. The van der Waals surface area contributed by atoms with E-state index in [9.17, 15) is 5.11 Å². The Balaban J connectivity index is 1.99. The number of nitrogens with two attached hydrogens (primary N) is 1. The Morgan fingerprint density at radius 2 is 2.00 bits per heavy atom. The molecule has 1 aliphatic rings. The molecule has 0 saturated heterocycles. The first-order chi connectivity index (χ1) is 8.09. The summed E-state index contributed by atoms with van der Waals surface area (Å²) in [5.74, 6) is 0.706. The van der Waals surface area contributed by atoms with E-state index in [4.69, 9.17) is 17.3 Å². The highest BCUT2D eigenvalue weighted by Crippen LogP contribution is 2.36. The monoisotopic (exact) mass is 271 g/mol. The van der Waals surface area contributed by atoms with Gasteiger partial charge in [-0.1, -0.05) is 30.9 Å². The van der Waals surface area contributed by atoms with E-state index in [1.54, 1.807) is 17.8 Å².